The lowest BCUT2D eigenvalue weighted by Crippen LogP contribution is -2.56. The van der Waals surface area contributed by atoms with Crippen LogP contribution in [0, 0.1) is 23.2 Å². The molecule has 1 aromatic rings. The van der Waals surface area contributed by atoms with Gasteiger partial charge in [-0.3, -0.25) is 9.48 Å². The van der Waals surface area contributed by atoms with Gasteiger partial charge in [0.05, 0.1) is 23.7 Å². The molecule has 5 heteroatoms. The Balaban J connectivity index is 1.38. The van der Waals surface area contributed by atoms with Gasteiger partial charge < -0.3 is 9.80 Å². The van der Waals surface area contributed by atoms with Crippen LogP contribution in [0.15, 0.2) is 12.3 Å². The van der Waals surface area contributed by atoms with Gasteiger partial charge in [-0.05, 0) is 75.4 Å². The highest BCUT2D eigenvalue weighted by molar-refractivity contribution is 5.83. The molecule has 4 aliphatic carbocycles. The molecule has 4 fully saturated rings. The Hall–Kier alpha value is -1.36. The molecule has 0 N–H and O–H groups in total. The second-order valence-electron chi connectivity index (χ2n) is 9.79. The SMILES string of the molecule is CCN(CC)C[C@H]1CN(C(=O)C23CC4CC(CC(C4)C2)C3)Cc2ccnn21. The number of hydrogen-bond donors (Lipinski definition) is 0. The summed E-state index contributed by atoms with van der Waals surface area (Å²) in [7, 11) is 0. The quantitative estimate of drug-likeness (QED) is 0.798. The number of aromatic nitrogens is 2. The van der Waals surface area contributed by atoms with Gasteiger partial charge in [-0.15, -0.1) is 0 Å². The highest BCUT2D eigenvalue weighted by Gasteiger charge is 2.56. The summed E-state index contributed by atoms with van der Waals surface area (Å²) in [6.45, 7) is 9.08. The van der Waals surface area contributed by atoms with Crippen LogP contribution in [0.3, 0.4) is 0 Å². The van der Waals surface area contributed by atoms with Crippen molar-refractivity contribution >= 4 is 5.91 Å². The average molecular weight is 371 g/mol. The lowest BCUT2D eigenvalue weighted by atomic mass is 9.49. The van der Waals surface area contributed by atoms with Crippen molar-refractivity contribution in [2.45, 2.75) is 65.0 Å². The van der Waals surface area contributed by atoms with Crippen LogP contribution in [0.5, 0.6) is 0 Å². The van der Waals surface area contributed by atoms with Crippen LogP contribution >= 0.6 is 0 Å². The van der Waals surface area contributed by atoms with Crippen LogP contribution in [0.4, 0.5) is 0 Å². The Labute approximate surface area is 163 Å². The molecule has 148 valence electrons. The molecule has 6 rings (SSSR count). The molecule has 0 spiro atoms. The summed E-state index contributed by atoms with van der Waals surface area (Å²) in [6, 6.07) is 2.38. The molecule has 0 unspecified atom stereocenters. The number of hydrogen-bond acceptors (Lipinski definition) is 3. The van der Waals surface area contributed by atoms with E-state index in [0.717, 1.165) is 69.7 Å². The summed E-state index contributed by atoms with van der Waals surface area (Å²) >= 11 is 0. The van der Waals surface area contributed by atoms with Crippen LogP contribution in [0.2, 0.25) is 0 Å². The Morgan fingerprint density at radius 3 is 2.37 bits per heavy atom. The summed E-state index contributed by atoms with van der Waals surface area (Å²) in [5.41, 5.74) is 1.17. The fourth-order valence-corrected chi connectivity index (χ4v) is 7.17. The van der Waals surface area contributed by atoms with E-state index in [1.54, 1.807) is 0 Å². The number of amides is 1. The summed E-state index contributed by atoms with van der Waals surface area (Å²) in [6.07, 6.45) is 9.57. The molecule has 1 amide bonds. The lowest BCUT2D eigenvalue weighted by Gasteiger charge is -2.57. The minimum absolute atomic E-state index is 0.0311. The smallest absolute Gasteiger partial charge is 0.229 e. The number of carbonyl (C=O) groups is 1. The first-order valence-corrected chi connectivity index (χ1v) is 11.1. The molecule has 4 bridgehead atoms. The van der Waals surface area contributed by atoms with E-state index in [4.69, 9.17) is 0 Å². The van der Waals surface area contributed by atoms with Gasteiger partial charge in [0.1, 0.15) is 0 Å². The van der Waals surface area contributed by atoms with Crippen LogP contribution in [0.25, 0.3) is 0 Å². The van der Waals surface area contributed by atoms with Gasteiger partial charge in [0.2, 0.25) is 5.91 Å². The Morgan fingerprint density at radius 1 is 1.15 bits per heavy atom. The van der Waals surface area contributed by atoms with Gasteiger partial charge in [-0.2, -0.15) is 5.10 Å². The molecule has 4 saturated carbocycles. The van der Waals surface area contributed by atoms with Crippen molar-refractivity contribution in [2.75, 3.05) is 26.2 Å². The lowest BCUT2D eigenvalue weighted by molar-refractivity contribution is -0.160. The van der Waals surface area contributed by atoms with E-state index in [9.17, 15) is 4.79 Å². The van der Waals surface area contributed by atoms with Gasteiger partial charge in [0.15, 0.2) is 0 Å². The number of nitrogens with zero attached hydrogens (tertiary/aromatic N) is 4. The Kier molecular flexibility index (Phi) is 4.34. The molecule has 0 saturated heterocycles. The maximum absolute atomic E-state index is 13.8. The largest absolute Gasteiger partial charge is 0.334 e. The minimum atomic E-state index is -0.0311. The van der Waals surface area contributed by atoms with E-state index in [-0.39, 0.29) is 11.5 Å². The highest BCUT2D eigenvalue weighted by Crippen LogP contribution is 2.60. The third-order valence-electron chi connectivity index (χ3n) is 8.02. The first kappa shape index (κ1) is 17.7. The van der Waals surface area contributed by atoms with Crippen LogP contribution < -0.4 is 0 Å². The van der Waals surface area contributed by atoms with E-state index in [1.165, 1.54) is 25.0 Å². The molecular weight excluding hydrogens is 336 g/mol. The predicted molar refractivity (Wildman–Crippen MR) is 105 cm³/mol. The molecule has 2 heterocycles. The topological polar surface area (TPSA) is 41.4 Å². The maximum Gasteiger partial charge on any atom is 0.229 e. The van der Waals surface area contributed by atoms with Crippen molar-refractivity contribution in [2.24, 2.45) is 23.2 Å². The minimum Gasteiger partial charge on any atom is -0.334 e. The third kappa shape index (κ3) is 2.93. The Morgan fingerprint density at radius 2 is 1.78 bits per heavy atom. The van der Waals surface area contributed by atoms with E-state index < -0.39 is 0 Å². The van der Waals surface area contributed by atoms with E-state index in [2.05, 4.69) is 39.5 Å². The summed E-state index contributed by atoms with van der Waals surface area (Å²) in [5, 5.41) is 4.60. The zero-order valence-corrected chi connectivity index (χ0v) is 16.9. The molecular formula is C22H34N4O. The van der Waals surface area contributed by atoms with E-state index >= 15 is 0 Å². The van der Waals surface area contributed by atoms with Crippen LogP contribution in [0.1, 0.15) is 64.1 Å². The maximum atomic E-state index is 13.8. The van der Waals surface area contributed by atoms with Crippen molar-refractivity contribution in [3.05, 3.63) is 18.0 Å². The van der Waals surface area contributed by atoms with Gasteiger partial charge in [0.25, 0.3) is 0 Å². The van der Waals surface area contributed by atoms with E-state index in [1.807, 2.05) is 6.20 Å². The summed E-state index contributed by atoms with van der Waals surface area (Å²) in [5.74, 6) is 2.93. The molecule has 1 aliphatic heterocycles. The molecule has 1 atom stereocenters. The first-order valence-electron chi connectivity index (χ1n) is 11.1. The van der Waals surface area contributed by atoms with Gasteiger partial charge in [-0.1, -0.05) is 13.8 Å². The predicted octanol–water partition coefficient (Wildman–Crippen LogP) is 3.32. The molecule has 0 aromatic carbocycles. The molecule has 5 nitrogen and oxygen atoms in total. The zero-order valence-electron chi connectivity index (χ0n) is 16.9. The molecule has 5 aliphatic rings. The van der Waals surface area contributed by atoms with E-state index in [0.29, 0.717) is 5.91 Å². The van der Waals surface area contributed by atoms with Crippen LogP contribution in [-0.4, -0.2) is 51.7 Å². The molecule has 1 aromatic heterocycles. The van der Waals surface area contributed by atoms with Crippen LogP contribution in [-0.2, 0) is 11.3 Å². The molecule has 0 radical (unpaired) electrons. The fourth-order valence-electron chi connectivity index (χ4n) is 7.17. The summed E-state index contributed by atoms with van der Waals surface area (Å²) in [4.78, 5) is 18.5. The van der Waals surface area contributed by atoms with Gasteiger partial charge in [0, 0.05) is 19.3 Å². The number of rotatable bonds is 5. The monoisotopic (exact) mass is 370 g/mol. The normalized spacial score (nSPS) is 37.1. The van der Waals surface area contributed by atoms with Crippen molar-refractivity contribution in [3.8, 4) is 0 Å². The standard InChI is InChI=1S/C22H34N4O/c1-3-24(4-2)13-20-15-25(14-19-5-6-23-26(19)20)21(27)22-10-16-7-17(11-22)9-18(8-16)12-22/h5-6,16-18,20H,3-4,7-15H2,1-2H3/t16?,17?,18?,20-,22?/m0/s1. The van der Waals surface area contributed by atoms with Crippen molar-refractivity contribution in [1.82, 2.24) is 19.6 Å². The first-order chi connectivity index (χ1) is 13.1. The number of likely N-dealkylation sites (N-methyl/N-ethyl adjacent to an activating group) is 1. The van der Waals surface area contributed by atoms with Gasteiger partial charge >= 0.3 is 0 Å². The third-order valence-corrected chi connectivity index (χ3v) is 8.02. The molecule has 27 heavy (non-hydrogen) atoms. The van der Waals surface area contributed by atoms with Gasteiger partial charge in [-0.25, -0.2) is 0 Å². The average Bonchev–Trinajstić information content (AvgIpc) is 3.13. The number of fused-ring (bicyclic) bond motifs is 1. The van der Waals surface area contributed by atoms with Crippen molar-refractivity contribution in [3.63, 3.8) is 0 Å². The Bertz CT molecular complexity index is 672. The van der Waals surface area contributed by atoms with Crippen molar-refractivity contribution in [1.29, 1.82) is 0 Å². The number of carbonyl (C=O) groups excluding carboxylic acids is 1. The zero-order chi connectivity index (χ0) is 18.6. The fraction of sp³-hybridized carbons (Fsp3) is 0.818. The summed E-state index contributed by atoms with van der Waals surface area (Å²) < 4.78 is 2.18. The highest BCUT2D eigenvalue weighted by atomic mass is 16.2. The van der Waals surface area contributed by atoms with Crippen molar-refractivity contribution < 1.29 is 4.79 Å². The second-order valence-corrected chi connectivity index (χ2v) is 9.79. The second kappa shape index (κ2) is 6.61.